The molecule has 6 nitrogen and oxygen atoms in total. The van der Waals surface area contributed by atoms with Gasteiger partial charge in [-0.15, -0.1) is 11.6 Å². The van der Waals surface area contributed by atoms with Crippen LogP contribution in [0.25, 0.3) is 0 Å². The first kappa shape index (κ1) is 19.1. The van der Waals surface area contributed by atoms with Crippen LogP contribution in [0.1, 0.15) is 13.8 Å². The highest BCUT2D eigenvalue weighted by molar-refractivity contribution is 6.19. The van der Waals surface area contributed by atoms with E-state index in [9.17, 15) is 9.59 Å². The van der Waals surface area contributed by atoms with Crippen LogP contribution in [0.4, 0.5) is 0 Å². The van der Waals surface area contributed by atoms with Crippen LogP contribution < -0.4 is 20.1 Å². The number of amides is 2. The highest BCUT2D eigenvalue weighted by Crippen LogP contribution is 2.25. The molecule has 0 radical (unpaired) electrons. The van der Waals surface area contributed by atoms with Crippen molar-refractivity contribution in [2.45, 2.75) is 13.8 Å². The van der Waals surface area contributed by atoms with E-state index in [1.54, 1.807) is 32.0 Å². The Morgan fingerprint density at radius 1 is 1.13 bits per heavy atom. The molecule has 0 aromatic heterocycles. The van der Waals surface area contributed by atoms with Gasteiger partial charge in [-0.05, 0) is 26.0 Å². The van der Waals surface area contributed by atoms with Crippen molar-refractivity contribution in [2.24, 2.45) is 5.41 Å². The average molecular weight is 343 g/mol. The van der Waals surface area contributed by atoms with E-state index < -0.39 is 5.41 Å². The zero-order chi connectivity index (χ0) is 17.3. The van der Waals surface area contributed by atoms with Crippen molar-refractivity contribution in [3.63, 3.8) is 0 Å². The van der Waals surface area contributed by atoms with E-state index in [1.165, 1.54) is 7.11 Å². The molecule has 128 valence electrons. The van der Waals surface area contributed by atoms with E-state index >= 15 is 0 Å². The molecule has 1 aromatic rings. The van der Waals surface area contributed by atoms with Crippen molar-refractivity contribution in [2.75, 3.05) is 32.7 Å². The molecule has 0 spiro atoms. The fourth-order valence-corrected chi connectivity index (χ4v) is 1.73. The minimum Gasteiger partial charge on any atom is -0.493 e. The van der Waals surface area contributed by atoms with Crippen molar-refractivity contribution in [1.29, 1.82) is 0 Å². The lowest BCUT2D eigenvalue weighted by Gasteiger charge is -2.20. The van der Waals surface area contributed by atoms with Gasteiger partial charge in [0.2, 0.25) is 5.91 Å². The summed E-state index contributed by atoms with van der Waals surface area (Å²) in [7, 11) is 1.54. The van der Waals surface area contributed by atoms with Gasteiger partial charge in [0, 0.05) is 19.0 Å². The maximum absolute atomic E-state index is 11.8. The molecule has 0 aliphatic heterocycles. The number of benzene rings is 1. The van der Waals surface area contributed by atoms with Crippen LogP contribution in [0.15, 0.2) is 24.3 Å². The van der Waals surface area contributed by atoms with Crippen molar-refractivity contribution >= 4 is 23.4 Å². The van der Waals surface area contributed by atoms with Crippen LogP contribution >= 0.6 is 11.6 Å². The van der Waals surface area contributed by atoms with Crippen LogP contribution in [0.2, 0.25) is 0 Å². The van der Waals surface area contributed by atoms with Gasteiger partial charge in [-0.2, -0.15) is 0 Å². The van der Waals surface area contributed by atoms with Gasteiger partial charge in [-0.25, -0.2) is 0 Å². The van der Waals surface area contributed by atoms with E-state index in [4.69, 9.17) is 21.1 Å². The molecule has 2 N–H and O–H groups in total. The van der Waals surface area contributed by atoms with E-state index in [0.29, 0.717) is 24.6 Å². The number of halogens is 1. The van der Waals surface area contributed by atoms with E-state index in [0.717, 1.165) is 0 Å². The first-order valence-electron chi connectivity index (χ1n) is 7.27. The summed E-state index contributed by atoms with van der Waals surface area (Å²) in [6.07, 6.45) is 0. The maximum Gasteiger partial charge on any atom is 0.258 e. The molecule has 1 rings (SSSR count). The molecule has 0 bridgehead atoms. The predicted molar refractivity (Wildman–Crippen MR) is 89.0 cm³/mol. The number of methoxy groups -OCH3 is 1. The Hall–Kier alpha value is -1.95. The van der Waals surface area contributed by atoms with Gasteiger partial charge in [0.05, 0.1) is 12.5 Å². The molecule has 0 unspecified atom stereocenters. The number of alkyl halides is 1. The van der Waals surface area contributed by atoms with Gasteiger partial charge in [-0.3, -0.25) is 9.59 Å². The van der Waals surface area contributed by atoms with Gasteiger partial charge < -0.3 is 20.1 Å². The lowest BCUT2D eigenvalue weighted by atomic mass is 9.95. The highest BCUT2D eigenvalue weighted by atomic mass is 35.5. The summed E-state index contributed by atoms with van der Waals surface area (Å²) in [5, 5.41) is 5.39. The summed E-state index contributed by atoms with van der Waals surface area (Å²) in [6.45, 7) is 4.04. The molecule has 2 amide bonds. The molecule has 0 saturated carbocycles. The van der Waals surface area contributed by atoms with E-state index in [2.05, 4.69) is 10.6 Å². The third kappa shape index (κ3) is 6.36. The fourth-order valence-electron chi connectivity index (χ4n) is 1.61. The molecular weight excluding hydrogens is 320 g/mol. The normalized spacial score (nSPS) is 10.8. The molecule has 0 fully saturated rings. The first-order chi connectivity index (χ1) is 10.9. The monoisotopic (exact) mass is 342 g/mol. The summed E-state index contributed by atoms with van der Waals surface area (Å²) < 4.78 is 10.5. The molecular formula is C16H23ClN2O4. The number of nitrogens with one attached hydrogen (secondary N) is 2. The number of hydrogen-bond acceptors (Lipinski definition) is 4. The summed E-state index contributed by atoms with van der Waals surface area (Å²) in [6, 6.07) is 7.09. The van der Waals surface area contributed by atoms with Crippen LogP contribution in [-0.4, -0.2) is 44.5 Å². The Kier molecular flexibility index (Phi) is 7.68. The first-order valence-corrected chi connectivity index (χ1v) is 7.81. The molecule has 1 aromatic carbocycles. The standard InChI is InChI=1S/C16H23ClN2O4/c1-16(2,11-17)15(21)19-9-8-18-14(20)10-23-13-7-5-4-6-12(13)22-3/h4-7H,8-11H2,1-3H3,(H,18,20)(H,19,21). The second-order valence-electron chi connectivity index (χ2n) is 5.56. The van der Waals surface area contributed by atoms with Crippen LogP contribution in [0.3, 0.4) is 0 Å². The minimum atomic E-state index is -0.626. The van der Waals surface area contributed by atoms with Gasteiger partial charge in [0.15, 0.2) is 18.1 Å². The fraction of sp³-hybridized carbons (Fsp3) is 0.500. The predicted octanol–water partition coefficient (Wildman–Crippen LogP) is 1.57. The summed E-state index contributed by atoms with van der Waals surface area (Å²) in [5.74, 6) is 0.879. The topological polar surface area (TPSA) is 76.7 Å². The molecule has 0 heterocycles. The Bertz CT molecular complexity index is 535. The van der Waals surface area contributed by atoms with Crippen molar-refractivity contribution < 1.29 is 19.1 Å². The zero-order valence-electron chi connectivity index (χ0n) is 13.6. The largest absolute Gasteiger partial charge is 0.493 e. The smallest absolute Gasteiger partial charge is 0.258 e. The Balaban J connectivity index is 2.26. The van der Waals surface area contributed by atoms with Gasteiger partial charge in [0.25, 0.3) is 5.91 Å². The van der Waals surface area contributed by atoms with Gasteiger partial charge >= 0.3 is 0 Å². The minimum absolute atomic E-state index is 0.124. The number of para-hydroxylation sites is 2. The van der Waals surface area contributed by atoms with Gasteiger partial charge in [-0.1, -0.05) is 12.1 Å². The number of carbonyl (C=O) groups is 2. The summed E-state index contributed by atoms with van der Waals surface area (Å²) in [5.41, 5.74) is -0.626. The number of ether oxygens (including phenoxy) is 2. The third-order valence-corrected chi connectivity index (χ3v) is 3.78. The Labute approximate surface area is 141 Å². The van der Waals surface area contributed by atoms with Gasteiger partial charge in [0.1, 0.15) is 0 Å². The van der Waals surface area contributed by atoms with Crippen molar-refractivity contribution in [3.8, 4) is 11.5 Å². The molecule has 23 heavy (non-hydrogen) atoms. The number of rotatable bonds is 9. The third-order valence-electron chi connectivity index (χ3n) is 3.11. The van der Waals surface area contributed by atoms with E-state index in [-0.39, 0.29) is 24.3 Å². The molecule has 0 saturated heterocycles. The number of hydrogen-bond donors (Lipinski definition) is 2. The van der Waals surface area contributed by atoms with Crippen LogP contribution in [0.5, 0.6) is 11.5 Å². The maximum atomic E-state index is 11.8. The van der Waals surface area contributed by atoms with E-state index in [1.807, 2.05) is 6.07 Å². The summed E-state index contributed by atoms with van der Waals surface area (Å²) >= 11 is 5.72. The molecule has 7 heteroatoms. The Morgan fingerprint density at radius 2 is 1.74 bits per heavy atom. The lowest BCUT2D eigenvalue weighted by molar-refractivity contribution is -0.128. The van der Waals surface area contributed by atoms with Crippen LogP contribution in [-0.2, 0) is 9.59 Å². The highest BCUT2D eigenvalue weighted by Gasteiger charge is 2.25. The lowest BCUT2D eigenvalue weighted by Crippen LogP contribution is -2.42. The average Bonchev–Trinajstić information content (AvgIpc) is 2.56. The second-order valence-corrected chi connectivity index (χ2v) is 5.83. The number of carbonyl (C=O) groups excluding carboxylic acids is 2. The van der Waals surface area contributed by atoms with Crippen LogP contribution in [0, 0.1) is 5.41 Å². The quantitative estimate of drug-likeness (QED) is 0.527. The molecule has 0 aliphatic carbocycles. The molecule has 0 atom stereocenters. The van der Waals surface area contributed by atoms with Crippen molar-refractivity contribution in [3.05, 3.63) is 24.3 Å². The Morgan fingerprint density at radius 3 is 2.35 bits per heavy atom. The van der Waals surface area contributed by atoms with Crippen molar-refractivity contribution in [1.82, 2.24) is 10.6 Å². The SMILES string of the molecule is COc1ccccc1OCC(=O)NCCNC(=O)C(C)(C)CCl. The molecule has 0 aliphatic rings. The zero-order valence-corrected chi connectivity index (χ0v) is 14.4. The summed E-state index contributed by atoms with van der Waals surface area (Å²) in [4.78, 5) is 23.5. The second kappa shape index (κ2) is 9.25.